The molecule has 0 fully saturated rings. The topological polar surface area (TPSA) is 86.1 Å². The van der Waals surface area contributed by atoms with Crippen LogP contribution in [0.1, 0.15) is 5.89 Å². The summed E-state index contributed by atoms with van der Waals surface area (Å²) in [5.74, 6) is 2.75. The van der Waals surface area contributed by atoms with Crippen LogP contribution in [0, 0.1) is 0 Å². The SMILES string of the molecule is COc1ccc(-c2noc(CSc3nc4ccc(Cl)cc4[nH]3)n2)c(OC)c1. The highest BCUT2D eigenvalue weighted by atomic mass is 35.5. The van der Waals surface area contributed by atoms with Gasteiger partial charge in [-0.25, -0.2) is 4.98 Å². The molecule has 1 N–H and O–H groups in total. The summed E-state index contributed by atoms with van der Waals surface area (Å²) < 4.78 is 16.0. The Bertz CT molecular complexity index is 1100. The van der Waals surface area contributed by atoms with E-state index in [0.29, 0.717) is 34.0 Å². The molecule has 0 atom stereocenters. The Balaban J connectivity index is 1.51. The van der Waals surface area contributed by atoms with Crippen LogP contribution in [0.15, 0.2) is 46.1 Å². The summed E-state index contributed by atoms with van der Waals surface area (Å²) in [6, 6.07) is 11.0. The normalized spacial score (nSPS) is 11.1. The Kier molecular flexibility index (Phi) is 4.91. The standard InChI is InChI=1S/C18H15ClN4O3S/c1-24-11-4-5-12(15(8-11)25-2)17-22-16(26-23-17)9-27-18-20-13-6-3-10(19)7-14(13)21-18/h3-8H,9H2,1-2H3,(H,20,21). The zero-order valence-electron chi connectivity index (χ0n) is 14.5. The molecule has 138 valence electrons. The number of hydrogen-bond donors (Lipinski definition) is 1. The number of hydrogen-bond acceptors (Lipinski definition) is 7. The second kappa shape index (κ2) is 7.50. The molecule has 2 heterocycles. The van der Waals surface area contributed by atoms with Crippen LogP contribution in [0.2, 0.25) is 5.02 Å². The molecule has 27 heavy (non-hydrogen) atoms. The number of ether oxygens (including phenoxy) is 2. The molecule has 0 radical (unpaired) electrons. The average Bonchev–Trinajstić information content (AvgIpc) is 3.32. The minimum atomic E-state index is 0.460. The van der Waals surface area contributed by atoms with Crippen LogP contribution in [0.3, 0.4) is 0 Å². The predicted molar refractivity (Wildman–Crippen MR) is 104 cm³/mol. The van der Waals surface area contributed by atoms with Crippen LogP contribution in [-0.4, -0.2) is 34.3 Å². The number of imidazole rings is 1. The van der Waals surface area contributed by atoms with E-state index in [4.69, 9.17) is 25.6 Å². The molecule has 0 aliphatic heterocycles. The first-order valence-corrected chi connectivity index (χ1v) is 9.35. The van der Waals surface area contributed by atoms with Gasteiger partial charge in [-0.2, -0.15) is 4.98 Å². The van der Waals surface area contributed by atoms with E-state index in [0.717, 1.165) is 21.8 Å². The molecule has 0 unspecified atom stereocenters. The van der Waals surface area contributed by atoms with Gasteiger partial charge < -0.3 is 19.0 Å². The van der Waals surface area contributed by atoms with E-state index in [1.807, 2.05) is 30.3 Å². The minimum Gasteiger partial charge on any atom is -0.497 e. The third-order valence-corrected chi connectivity index (χ3v) is 4.97. The van der Waals surface area contributed by atoms with Gasteiger partial charge in [-0.05, 0) is 30.3 Å². The van der Waals surface area contributed by atoms with Crippen molar-refractivity contribution in [1.82, 2.24) is 20.1 Å². The number of methoxy groups -OCH3 is 2. The fourth-order valence-corrected chi connectivity index (χ4v) is 3.46. The molecule has 2 aromatic carbocycles. The highest BCUT2D eigenvalue weighted by Gasteiger charge is 2.15. The number of H-pyrrole nitrogens is 1. The van der Waals surface area contributed by atoms with E-state index in [9.17, 15) is 0 Å². The predicted octanol–water partition coefficient (Wildman–Crippen LogP) is 4.58. The molecule has 0 amide bonds. The molecular weight excluding hydrogens is 388 g/mol. The fraction of sp³-hybridized carbons (Fsp3) is 0.167. The number of halogens is 1. The fourth-order valence-electron chi connectivity index (χ4n) is 2.56. The van der Waals surface area contributed by atoms with Gasteiger partial charge in [0.1, 0.15) is 11.5 Å². The van der Waals surface area contributed by atoms with Crippen molar-refractivity contribution < 1.29 is 14.0 Å². The van der Waals surface area contributed by atoms with Gasteiger partial charge in [0.25, 0.3) is 0 Å². The summed E-state index contributed by atoms with van der Waals surface area (Å²) in [4.78, 5) is 12.2. The first kappa shape index (κ1) is 17.7. The average molecular weight is 403 g/mol. The highest BCUT2D eigenvalue weighted by molar-refractivity contribution is 7.98. The second-order valence-electron chi connectivity index (χ2n) is 5.57. The quantitative estimate of drug-likeness (QED) is 0.472. The number of aromatic nitrogens is 4. The van der Waals surface area contributed by atoms with Gasteiger partial charge in [-0.15, -0.1) is 0 Å². The van der Waals surface area contributed by atoms with E-state index in [1.165, 1.54) is 11.8 Å². The number of fused-ring (bicyclic) bond motifs is 1. The summed E-state index contributed by atoms with van der Waals surface area (Å²) >= 11 is 7.47. The van der Waals surface area contributed by atoms with Gasteiger partial charge >= 0.3 is 0 Å². The maximum atomic E-state index is 6.00. The molecule has 7 nitrogen and oxygen atoms in total. The van der Waals surface area contributed by atoms with E-state index in [1.54, 1.807) is 20.3 Å². The van der Waals surface area contributed by atoms with Crippen molar-refractivity contribution >= 4 is 34.4 Å². The molecule has 4 aromatic rings. The van der Waals surface area contributed by atoms with Crippen molar-refractivity contribution in [1.29, 1.82) is 0 Å². The van der Waals surface area contributed by atoms with Gasteiger partial charge in [-0.3, -0.25) is 0 Å². The Hall–Kier alpha value is -2.71. The minimum absolute atomic E-state index is 0.460. The van der Waals surface area contributed by atoms with Gasteiger partial charge in [0, 0.05) is 11.1 Å². The zero-order chi connectivity index (χ0) is 18.8. The lowest BCUT2D eigenvalue weighted by molar-refractivity contribution is 0.388. The number of benzene rings is 2. The van der Waals surface area contributed by atoms with E-state index >= 15 is 0 Å². The number of aromatic amines is 1. The molecule has 0 saturated heterocycles. The van der Waals surface area contributed by atoms with Crippen LogP contribution in [0.4, 0.5) is 0 Å². The molecule has 9 heteroatoms. The Labute approximate surface area is 164 Å². The molecule has 0 saturated carbocycles. The second-order valence-corrected chi connectivity index (χ2v) is 6.97. The highest BCUT2D eigenvalue weighted by Crippen LogP contribution is 2.32. The maximum absolute atomic E-state index is 6.00. The Morgan fingerprint density at radius 2 is 2.00 bits per heavy atom. The van der Waals surface area contributed by atoms with Crippen molar-refractivity contribution in [2.45, 2.75) is 10.9 Å². The van der Waals surface area contributed by atoms with Crippen LogP contribution in [0.5, 0.6) is 11.5 Å². The largest absolute Gasteiger partial charge is 0.497 e. The summed E-state index contributed by atoms with van der Waals surface area (Å²) in [6.07, 6.45) is 0. The lowest BCUT2D eigenvalue weighted by Gasteiger charge is -2.07. The lowest BCUT2D eigenvalue weighted by atomic mass is 10.2. The van der Waals surface area contributed by atoms with Gasteiger partial charge in [0.2, 0.25) is 11.7 Å². The molecule has 0 aliphatic rings. The summed E-state index contributed by atoms with van der Waals surface area (Å²) in [6.45, 7) is 0. The maximum Gasteiger partial charge on any atom is 0.237 e. The molecule has 2 aromatic heterocycles. The summed E-state index contributed by atoms with van der Waals surface area (Å²) in [5, 5.41) is 5.47. The third kappa shape index (κ3) is 3.72. The molecule has 4 rings (SSSR count). The van der Waals surface area contributed by atoms with Crippen LogP contribution >= 0.6 is 23.4 Å². The Morgan fingerprint density at radius 3 is 2.81 bits per heavy atom. The van der Waals surface area contributed by atoms with Crippen molar-refractivity contribution in [2.75, 3.05) is 14.2 Å². The molecular formula is C18H15ClN4O3S. The van der Waals surface area contributed by atoms with Crippen molar-refractivity contribution in [3.05, 3.63) is 47.3 Å². The number of nitrogens with zero attached hydrogens (tertiary/aromatic N) is 3. The van der Waals surface area contributed by atoms with E-state index < -0.39 is 0 Å². The first-order valence-electron chi connectivity index (χ1n) is 7.99. The number of nitrogens with one attached hydrogen (secondary N) is 1. The summed E-state index contributed by atoms with van der Waals surface area (Å²) in [5.41, 5.74) is 2.48. The smallest absolute Gasteiger partial charge is 0.237 e. The van der Waals surface area contributed by atoms with Crippen molar-refractivity contribution in [3.63, 3.8) is 0 Å². The lowest BCUT2D eigenvalue weighted by Crippen LogP contribution is -1.91. The van der Waals surface area contributed by atoms with Gasteiger partial charge in [-0.1, -0.05) is 28.5 Å². The van der Waals surface area contributed by atoms with Crippen molar-refractivity contribution in [3.8, 4) is 22.9 Å². The Morgan fingerprint density at radius 1 is 1.11 bits per heavy atom. The molecule has 0 spiro atoms. The van der Waals surface area contributed by atoms with E-state index in [2.05, 4.69) is 20.1 Å². The van der Waals surface area contributed by atoms with Crippen LogP contribution in [0.25, 0.3) is 22.4 Å². The van der Waals surface area contributed by atoms with Gasteiger partial charge in [0.15, 0.2) is 5.16 Å². The summed E-state index contributed by atoms with van der Waals surface area (Å²) in [7, 11) is 3.19. The van der Waals surface area contributed by atoms with Crippen LogP contribution in [-0.2, 0) is 5.75 Å². The number of thioether (sulfide) groups is 1. The monoisotopic (exact) mass is 402 g/mol. The van der Waals surface area contributed by atoms with Crippen LogP contribution < -0.4 is 9.47 Å². The molecule has 0 bridgehead atoms. The van der Waals surface area contributed by atoms with E-state index in [-0.39, 0.29) is 0 Å². The molecule has 0 aliphatic carbocycles. The first-order chi connectivity index (χ1) is 13.2. The number of rotatable bonds is 6. The third-order valence-electron chi connectivity index (χ3n) is 3.87. The van der Waals surface area contributed by atoms with Gasteiger partial charge in [0.05, 0.1) is 36.6 Å². The van der Waals surface area contributed by atoms with Crippen molar-refractivity contribution in [2.24, 2.45) is 0 Å². The zero-order valence-corrected chi connectivity index (χ0v) is 16.1.